The van der Waals surface area contributed by atoms with Gasteiger partial charge in [0.25, 0.3) is 0 Å². The van der Waals surface area contributed by atoms with E-state index < -0.39 is 0 Å². The molecule has 0 saturated heterocycles. The summed E-state index contributed by atoms with van der Waals surface area (Å²) in [4.78, 5) is 10.5. The second kappa shape index (κ2) is 14.0. The van der Waals surface area contributed by atoms with Gasteiger partial charge in [0.05, 0.1) is 20.0 Å². The molecule has 1 aromatic carbocycles. The van der Waals surface area contributed by atoms with Crippen molar-refractivity contribution in [3.63, 3.8) is 0 Å². The van der Waals surface area contributed by atoms with Crippen molar-refractivity contribution in [3.05, 3.63) is 60.3 Å². The second-order valence-electron chi connectivity index (χ2n) is 9.85. The van der Waals surface area contributed by atoms with E-state index in [1.165, 1.54) is 24.1 Å². The third kappa shape index (κ3) is 7.60. The highest BCUT2D eigenvalue weighted by Crippen LogP contribution is 2.35. The van der Waals surface area contributed by atoms with E-state index in [0.717, 1.165) is 73.9 Å². The maximum Gasteiger partial charge on any atom is 0.173 e. The van der Waals surface area contributed by atoms with Gasteiger partial charge in [-0.3, -0.25) is 0 Å². The summed E-state index contributed by atoms with van der Waals surface area (Å²) in [6, 6.07) is 10.5. The smallest absolute Gasteiger partial charge is 0.173 e. The number of rotatable bonds is 13. The first-order chi connectivity index (χ1) is 18.5. The molecule has 38 heavy (non-hydrogen) atoms. The number of nitrogens with two attached hydrogens (primary N) is 1. The van der Waals surface area contributed by atoms with Crippen molar-refractivity contribution >= 4 is 28.8 Å². The van der Waals surface area contributed by atoms with Crippen molar-refractivity contribution in [1.82, 2.24) is 19.9 Å². The molecule has 0 radical (unpaired) electrons. The Hall–Kier alpha value is -3.33. The number of nitrogens with one attached hydrogen (secondary N) is 1. The molecular weight excluding hydrogens is 496 g/mol. The summed E-state index contributed by atoms with van der Waals surface area (Å²) in [6.45, 7) is 4.43. The standard InChI is InChI=1S/C29H40N6O2S/c1-22-20-31-21-34(22)16-7-14-33-29(38)35(24-9-3-4-10-24)25-11-12-26(27(19-25)36-2)37-17-6-5-8-23-13-15-32-28(30)18-23/h11-13,15,18-21,24H,3-10,14,16-17H2,1-2H3,(H2,30,32)(H,33,38). The number of methoxy groups -OCH3 is 1. The number of aromatic nitrogens is 3. The highest BCUT2D eigenvalue weighted by Gasteiger charge is 2.26. The van der Waals surface area contributed by atoms with Gasteiger partial charge in [0.15, 0.2) is 16.6 Å². The largest absolute Gasteiger partial charge is 0.493 e. The van der Waals surface area contributed by atoms with Crippen LogP contribution in [0.25, 0.3) is 0 Å². The molecule has 1 aliphatic carbocycles. The molecule has 2 heterocycles. The molecule has 0 spiro atoms. The fraction of sp³-hybridized carbons (Fsp3) is 0.483. The van der Waals surface area contributed by atoms with Crippen LogP contribution in [-0.4, -0.2) is 46.0 Å². The maximum atomic E-state index is 6.10. The first-order valence-electron chi connectivity index (χ1n) is 13.6. The third-order valence-corrected chi connectivity index (χ3v) is 7.41. The van der Waals surface area contributed by atoms with Crippen LogP contribution in [0.5, 0.6) is 11.5 Å². The molecule has 0 amide bonds. The molecule has 3 aromatic rings. The Balaban J connectivity index is 1.32. The molecule has 1 fully saturated rings. The van der Waals surface area contributed by atoms with Crippen LogP contribution in [0.1, 0.15) is 56.2 Å². The van der Waals surface area contributed by atoms with E-state index in [1.54, 1.807) is 13.3 Å². The van der Waals surface area contributed by atoms with Gasteiger partial charge in [0.2, 0.25) is 0 Å². The molecule has 0 atom stereocenters. The molecule has 3 N–H and O–H groups in total. The molecular formula is C29H40N6O2S. The highest BCUT2D eigenvalue weighted by molar-refractivity contribution is 7.80. The van der Waals surface area contributed by atoms with Gasteiger partial charge < -0.3 is 30.0 Å². The van der Waals surface area contributed by atoms with Crippen LogP contribution in [-0.2, 0) is 13.0 Å². The highest BCUT2D eigenvalue weighted by atomic mass is 32.1. The van der Waals surface area contributed by atoms with Crippen LogP contribution in [0.15, 0.2) is 49.1 Å². The first-order valence-corrected chi connectivity index (χ1v) is 14.0. The van der Waals surface area contributed by atoms with Crippen molar-refractivity contribution < 1.29 is 9.47 Å². The van der Waals surface area contributed by atoms with E-state index >= 15 is 0 Å². The number of anilines is 2. The minimum Gasteiger partial charge on any atom is -0.493 e. The summed E-state index contributed by atoms with van der Waals surface area (Å²) in [5.74, 6) is 2.05. The van der Waals surface area contributed by atoms with E-state index in [-0.39, 0.29) is 0 Å². The van der Waals surface area contributed by atoms with E-state index in [1.807, 2.05) is 30.7 Å². The van der Waals surface area contributed by atoms with E-state index in [4.69, 9.17) is 27.4 Å². The number of benzene rings is 1. The minimum absolute atomic E-state index is 0.393. The lowest BCUT2D eigenvalue weighted by atomic mass is 10.1. The zero-order valence-electron chi connectivity index (χ0n) is 22.6. The molecule has 0 aliphatic heterocycles. The number of thiocarbonyl (C=S) groups is 1. The molecule has 1 aliphatic rings. The topological polar surface area (TPSA) is 90.5 Å². The van der Waals surface area contributed by atoms with Crippen LogP contribution in [0.4, 0.5) is 11.5 Å². The number of pyridine rings is 1. The average molecular weight is 537 g/mol. The average Bonchev–Trinajstić information content (AvgIpc) is 3.59. The number of aryl methyl sites for hydroxylation is 3. The third-order valence-electron chi connectivity index (χ3n) is 7.07. The number of hydrogen-bond donors (Lipinski definition) is 2. The fourth-order valence-corrected chi connectivity index (χ4v) is 5.35. The number of nitrogen functional groups attached to an aromatic ring is 1. The molecule has 1 saturated carbocycles. The van der Waals surface area contributed by atoms with Gasteiger partial charge in [-0.05, 0) is 87.5 Å². The molecule has 4 rings (SSSR count). The predicted octanol–water partition coefficient (Wildman–Crippen LogP) is 5.29. The van der Waals surface area contributed by atoms with Gasteiger partial charge in [0, 0.05) is 49.0 Å². The Morgan fingerprint density at radius 2 is 2.00 bits per heavy atom. The lowest BCUT2D eigenvalue weighted by molar-refractivity contribution is 0.286. The number of ether oxygens (including phenoxy) is 2. The Kier molecular flexibility index (Phi) is 10.2. The fourth-order valence-electron chi connectivity index (χ4n) is 5.00. The minimum atomic E-state index is 0.393. The molecule has 8 nitrogen and oxygen atoms in total. The van der Waals surface area contributed by atoms with Gasteiger partial charge in [-0.2, -0.15) is 0 Å². The number of imidazole rings is 1. The number of nitrogens with zero attached hydrogens (tertiary/aromatic N) is 4. The van der Waals surface area contributed by atoms with Gasteiger partial charge in [-0.15, -0.1) is 0 Å². The Morgan fingerprint density at radius 1 is 1.16 bits per heavy atom. The van der Waals surface area contributed by atoms with Gasteiger partial charge in [-0.1, -0.05) is 12.8 Å². The van der Waals surface area contributed by atoms with Crippen LogP contribution in [0.3, 0.4) is 0 Å². The Morgan fingerprint density at radius 3 is 2.74 bits per heavy atom. The summed E-state index contributed by atoms with van der Waals surface area (Å²) in [5, 5.41) is 4.27. The van der Waals surface area contributed by atoms with E-state index in [2.05, 4.69) is 43.8 Å². The first kappa shape index (κ1) is 27.7. The van der Waals surface area contributed by atoms with Crippen LogP contribution in [0, 0.1) is 6.92 Å². The maximum absolute atomic E-state index is 6.10. The monoisotopic (exact) mass is 536 g/mol. The van der Waals surface area contributed by atoms with E-state index in [9.17, 15) is 0 Å². The zero-order chi connectivity index (χ0) is 26.7. The predicted molar refractivity (Wildman–Crippen MR) is 157 cm³/mol. The van der Waals surface area contributed by atoms with Crippen LogP contribution < -0.4 is 25.4 Å². The molecule has 0 unspecified atom stereocenters. The molecule has 0 bridgehead atoms. The summed E-state index contributed by atoms with van der Waals surface area (Å²) in [7, 11) is 1.69. The molecule has 9 heteroatoms. The van der Waals surface area contributed by atoms with Crippen LogP contribution >= 0.6 is 12.2 Å². The van der Waals surface area contributed by atoms with Gasteiger partial charge in [-0.25, -0.2) is 9.97 Å². The van der Waals surface area contributed by atoms with Gasteiger partial charge >= 0.3 is 0 Å². The molecule has 204 valence electrons. The normalized spacial score (nSPS) is 13.4. The van der Waals surface area contributed by atoms with Crippen LogP contribution in [0.2, 0.25) is 0 Å². The van der Waals surface area contributed by atoms with Gasteiger partial charge in [0.1, 0.15) is 5.82 Å². The lowest BCUT2D eigenvalue weighted by Gasteiger charge is -2.32. The summed E-state index contributed by atoms with van der Waals surface area (Å²) in [5.41, 5.74) is 9.19. The summed E-state index contributed by atoms with van der Waals surface area (Å²) < 4.78 is 14.0. The number of unbranched alkanes of at least 4 members (excludes halogenated alkanes) is 1. The van der Waals surface area contributed by atoms with Crippen molar-refractivity contribution in [2.24, 2.45) is 0 Å². The zero-order valence-corrected chi connectivity index (χ0v) is 23.4. The SMILES string of the molecule is COc1cc(N(C(=S)NCCCn2cncc2C)C2CCCC2)ccc1OCCCCc1ccnc(N)c1. The van der Waals surface area contributed by atoms with Crippen molar-refractivity contribution in [3.8, 4) is 11.5 Å². The number of hydrogen-bond acceptors (Lipinski definition) is 6. The quantitative estimate of drug-likeness (QED) is 0.225. The van der Waals surface area contributed by atoms with E-state index in [0.29, 0.717) is 18.5 Å². The second-order valence-corrected chi connectivity index (χ2v) is 10.2. The lowest BCUT2D eigenvalue weighted by Crippen LogP contribution is -2.45. The van der Waals surface area contributed by atoms with Crippen molar-refractivity contribution in [1.29, 1.82) is 0 Å². The summed E-state index contributed by atoms with van der Waals surface area (Å²) >= 11 is 5.90. The Bertz CT molecular complexity index is 1180. The summed E-state index contributed by atoms with van der Waals surface area (Å²) in [6.07, 6.45) is 14.1. The van der Waals surface area contributed by atoms with Crippen molar-refractivity contribution in [2.75, 3.05) is 30.9 Å². The van der Waals surface area contributed by atoms with Crippen molar-refractivity contribution in [2.45, 2.75) is 70.9 Å². The Labute approximate surface area is 231 Å². The molecule has 2 aromatic heterocycles.